The summed E-state index contributed by atoms with van der Waals surface area (Å²) in [5.41, 5.74) is 1.50. The molecule has 1 fully saturated rings. The van der Waals surface area contributed by atoms with Gasteiger partial charge in [-0.2, -0.15) is 0 Å². The molecule has 0 saturated heterocycles. The molecule has 2 rings (SSSR count). The molecule has 0 aromatic rings. The van der Waals surface area contributed by atoms with Crippen LogP contribution in [0.2, 0.25) is 0 Å². The molecule has 2 aliphatic rings. The number of allylic oxidation sites excluding steroid dienone is 1. The molecular formula is C22H40N2O2. The molecule has 0 radical (unpaired) electrons. The highest BCUT2D eigenvalue weighted by atomic mass is 16.3. The van der Waals surface area contributed by atoms with Crippen LogP contribution in [-0.2, 0) is 0 Å². The Bertz CT molecular complexity index is 461. The fraction of sp³-hybridized carbons (Fsp3) is 0.818. The predicted molar refractivity (Wildman–Crippen MR) is 109 cm³/mol. The summed E-state index contributed by atoms with van der Waals surface area (Å²) in [4.78, 5) is 2.22. The summed E-state index contributed by atoms with van der Waals surface area (Å²) in [6.45, 7) is 5.34. The lowest BCUT2D eigenvalue weighted by Crippen LogP contribution is -2.23. The van der Waals surface area contributed by atoms with Gasteiger partial charge in [-0.1, -0.05) is 50.0 Å². The van der Waals surface area contributed by atoms with Crippen LogP contribution in [0.1, 0.15) is 51.9 Å². The second-order valence-corrected chi connectivity index (χ2v) is 8.52. The largest absolute Gasteiger partial charge is 0.392 e. The molecule has 1 saturated carbocycles. The number of aliphatic hydroxyl groups is 2. The van der Waals surface area contributed by atoms with E-state index in [4.69, 9.17) is 0 Å². The van der Waals surface area contributed by atoms with Gasteiger partial charge in [-0.15, -0.1) is 0 Å². The fourth-order valence-corrected chi connectivity index (χ4v) is 4.46. The molecule has 0 aliphatic heterocycles. The van der Waals surface area contributed by atoms with Gasteiger partial charge in [-0.05, 0) is 64.7 Å². The van der Waals surface area contributed by atoms with Crippen molar-refractivity contribution < 1.29 is 10.2 Å². The normalized spacial score (nSPS) is 29.5. The third-order valence-corrected chi connectivity index (χ3v) is 5.92. The Kier molecular flexibility index (Phi) is 9.34. The van der Waals surface area contributed by atoms with Crippen LogP contribution in [0.3, 0.4) is 0 Å². The molecule has 5 atom stereocenters. The maximum atomic E-state index is 10.4. The van der Waals surface area contributed by atoms with Crippen molar-refractivity contribution in [3.63, 3.8) is 0 Å². The lowest BCUT2D eigenvalue weighted by atomic mass is 9.89. The van der Waals surface area contributed by atoms with Gasteiger partial charge in [0.15, 0.2) is 0 Å². The van der Waals surface area contributed by atoms with E-state index in [0.717, 1.165) is 45.3 Å². The van der Waals surface area contributed by atoms with Crippen LogP contribution >= 0.6 is 0 Å². The second-order valence-electron chi connectivity index (χ2n) is 8.52. The van der Waals surface area contributed by atoms with Crippen molar-refractivity contribution in [2.45, 2.75) is 64.1 Å². The third kappa shape index (κ3) is 6.80. The van der Waals surface area contributed by atoms with E-state index >= 15 is 0 Å². The SMILES string of the molecule is CCCCC[C@H](O)/C=C/[C@@H]1[C@H]2CC(CNCCCN(C)C)=C[C@H]2C[C@H]1O. The summed E-state index contributed by atoms with van der Waals surface area (Å²) in [6.07, 6.45) is 13.2. The highest BCUT2D eigenvalue weighted by molar-refractivity contribution is 5.21. The van der Waals surface area contributed by atoms with Gasteiger partial charge in [0, 0.05) is 12.5 Å². The molecule has 0 aromatic heterocycles. The number of nitrogens with one attached hydrogen (secondary N) is 1. The zero-order chi connectivity index (χ0) is 18.9. The molecule has 26 heavy (non-hydrogen) atoms. The molecule has 0 bridgehead atoms. The number of rotatable bonds is 12. The Hall–Kier alpha value is -0.680. The van der Waals surface area contributed by atoms with E-state index in [9.17, 15) is 10.2 Å². The Morgan fingerprint density at radius 2 is 2.12 bits per heavy atom. The Morgan fingerprint density at radius 1 is 1.31 bits per heavy atom. The number of hydrogen-bond acceptors (Lipinski definition) is 4. The molecule has 0 unspecified atom stereocenters. The lowest BCUT2D eigenvalue weighted by Gasteiger charge is -2.19. The average Bonchev–Trinajstić information content (AvgIpc) is 3.09. The number of hydrogen-bond donors (Lipinski definition) is 3. The Morgan fingerprint density at radius 3 is 2.85 bits per heavy atom. The summed E-state index contributed by atoms with van der Waals surface area (Å²) in [5, 5.41) is 24.1. The first-order valence-corrected chi connectivity index (χ1v) is 10.6. The molecule has 0 spiro atoms. The maximum absolute atomic E-state index is 10.4. The van der Waals surface area contributed by atoms with Gasteiger partial charge in [0.25, 0.3) is 0 Å². The monoisotopic (exact) mass is 364 g/mol. The Labute approximate surface area is 160 Å². The smallest absolute Gasteiger partial charge is 0.0721 e. The first kappa shape index (κ1) is 21.6. The average molecular weight is 365 g/mol. The molecule has 4 heteroatoms. The van der Waals surface area contributed by atoms with Crippen molar-refractivity contribution in [2.24, 2.45) is 17.8 Å². The quantitative estimate of drug-likeness (QED) is 0.368. The van der Waals surface area contributed by atoms with E-state index in [1.807, 2.05) is 6.08 Å². The highest BCUT2D eigenvalue weighted by Crippen LogP contribution is 2.47. The number of nitrogens with zero attached hydrogens (tertiary/aromatic N) is 1. The zero-order valence-corrected chi connectivity index (χ0v) is 17.0. The van der Waals surface area contributed by atoms with Gasteiger partial charge >= 0.3 is 0 Å². The molecule has 0 amide bonds. The summed E-state index contributed by atoms with van der Waals surface area (Å²) in [7, 11) is 4.22. The highest BCUT2D eigenvalue weighted by Gasteiger charge is 2.43. The van der Waals surface area contributed by atoms with Crippen LogP contribution < -0.4 is 5.32 Å². The molecule has 3 N–H and O–H groups in total. The van der Waals surface area contributed by atoms with E-state index in [1.165, 1.54) is 24.8 Å². The van der Waals surface area contributed by atoms with Crippen LogP contribution in [0.4, 0.5) is 0 Å². The van der Waals surface area contributed by atoms with Gasteiger partial charge in [-0.3, -0.25) is 0 Å². The third-order valence-electron chi connectivity index (χ3n) is 5.92. The summed E-state index contributed by atoms with van der Waals surface area (Å²) < 4.78 is 0. The maximum Gasteiger partial charge on any atom is 0.0721 e. The van der Waals surface area contributed by atoms with Gasteiger partial charge < -0.3 is 20.4 Å². The molecule has 150 valence electrons. The van der Waals surface area contributed by atoms with E-state index in [2.05, 4.69) is 43.4 Å². The van der Waals surface area contributed by atoms with Crippen LogP contribution in [0.5, 0.6) is 0 Å². The lowest BCUT2D eigenvalue weighted by molar-refractivity contribution is 0.139. The van der Waals surface area contributed by atoms with Crippen LogP contribution in [0.15, 0.2) is 23.8 Å². The minimum absolute atomic E-state index is 0.198. The molecule has 4 nitrogen and oxygen atoms in total. The van der Waals surface area contributed by atoms with Crippen molar-refractivity contribution in [1.82, 2.24) is 10.2 Å². The zero-order valence-electron chi connectivity index (χ0n) is 17.0. The number of fused-ring (bicyclic) bond motifs is 1. The molecule has 2 aliphatic carbocycles. The van der Waals surface area contributed by atoms with Gasteiger partial charge in [0.05, 0.1) is 12.2 Å². The van der Waals surface area contributed by atoms with Gasteiger partial charge in [0.1, 0.15) is 0 Å². The minimum Gasteiger partial charge on any atom is -0.392 e. The predicted octanol–water partition coefficient (Wildman–Crippen LogP) is 2.97. The van der Waals surface area contributed by atoms with E-state index in [1.54, 1.807) is 0 Å². The van der Waals surface area contributed by atoms with Crippen LogP contribution in [0.25, 0.3) is 0 Å². The second kappa shape index (κ2) is 11.2. The van der Waals surface area contributed by atoms with Crippen molar-refractivity contribution in [1.29, 1.82) is 0 Å². The van der Waals surface area contributed by atoms with Crippen molar-refractivity contribution in [3.05, 3.63) is 23.8 Å². The van der Waals surface area contributed by atoms with Crippen molar-refractivity contribution in [2.75, 3.05) is 33.7 Å². The first-order chi connectivity index (χ1) is 12.5. The van der Waals surface area contributed by atoms with E-state index in [-0.39, 0.29) is 18.1 Å². The topological polar surface area (TPSA) is 55.7 Å². The van der Waals surface area contributed by atoms with E-state index in [0.29, 0.717) is 11.8 Å². The van der Waals surface area contributed by atoms with Crippen LogP contribution in [-0.4, -0.2) is 61.1 Å². The molecule has 0 heterocycles. The van der Waals surface area contributed by atoms with Gasteiger partial charge in [-0.25, -0.2) is 0 Å². The van der Waals surface area contributed by atoms with Crippen molar-refractivity contribution in [3.8, 4) is 0 Å². The van der Waals surface area contributed by atoms with Crippen LogP contribution in [0, 0.1) is 17.8 Å². The Balaban J connectivity index is 1.74. The fourth-order valence-electron chi connectivity index (χ4n) is 4.46. The summed E-state index contributed by atoms with van der Waals surface area (Å²) in [6, 6.07) is 0. The van der Waals surface area contributed by atoms with Crippen molar-refractivity contribution >= 4 is 0 Å². The summed E-state index contributed by atoms with van der Waals surface area (Å²) >= 11 is 0. The summed E-state index contributed by atoms with van der Waals surface area (Å²) in [5.74, 6) is 1.22. The minimum atomic E-state index is -0.361. The number of aliphatic hydroxyl groups excluding tert-OH is 2. The number of unbranched alkanes of at least 4 members (excludes halogenated alkanes) is 2. The molecular weight excluding hydrogens is 324 g/mol. The first-order valence-electron chi connectivity index (χ1n) is 10.6. The molecule has 0 aromatic carbocycles. The van der Waals surface area contributed by atoms with E-state index < -0.39 is 0 Å². The standard InChI is InChI=1S/C22H40N2O2/c1-4-5-6-8-19(25)9-10-20-21-14-17(13-18(21)15-22(20)26)16-23-11-7-12-24(2)3/h9-10,13,18-23,25-26H,4-8,11-12,14-16H2,1-3H3/b10-9+/t18-,19-,20+,21-,22+/m0/s1. The van der Waals surface area contributed by atoms with Gasteiger partial charge in [0.2, 0.25) is 0 Å².